The summed E-state index contributed by atoms with van der Waals surface area (Å²) in [6, 6.07) is 1.04. The number of anilines is 1. The van der Waals surface area contributed by atoms with Gasteiger partial charge in [0, 0.05) is 44.0 Å². The van der Waals surface area contributed by atoms with Crippen LogP contribution >= 0.6 is 23.7 Å². The van der Waals surface area contributed by atoms with Gasteiger partial charge in [-0.05, 0) is 13.8 Å². The Morgan fingerprint density at radius 2 is 2.37 bits per heavy atom. The second-order valence-corrected chi connectivity index (χ2v) is 5.77. The molecule has 2 heterocycles. The molecular formula is C12H21ClN4OS. The maximum atomic E-state index is 10.9. The molecule has 1 aliphatic heterocycles. The maximum Gasteiger partial charge on any atom is 0.223 e. The SMILES string of the molecule is CC(=O)Nc1nc(CN2CC(C)NCC2C)cs1.Cl. The summed E-state index contributed by atoms with van der Waals surface area (Å²) >= 11 is 1.48. The molecular weight excluding hydrogens is 284 g/mol. The highest BCUT2D eigenvalue weighted by molar-refractivity contribution is 7.13. The van der Waals surface area contributed by atoms with Crippen molar-refractivity contribution < 1.29 is 4.79 Å². The van der Waals surface area contributed by atoms with Crippen molar-refractivity contribution in [3.05, 3.63) is 11.1 Å². The molecule has 5 nitrogen and oxygen atoms in total. The molecule has 0 radical (unpaired) electrons. The van der Waals surface area contributed by atoms with Crippen LogP contribution in [-0.2, 0) is 11.3 Å². The van der Waals surface area contributed by atoms with Gasteiger partial charge in [0.25, 0.3) is 0 Å². The number of hydrogen-bond acceptors (Lipinski definition) is 5. The molecule has 0 spiro atoms. The molecule has 0 aliphatic carbocycles. The van der Waals surface area contributed by atoms with Crippen molar-refractivity contribution in [2.24, 2.45) is 0 Å². The van der Waals surface area contributed by atoms with Crippen LogP contribution in [0.15, 0.2) is 5.38 Å². The van der Waals surface area contributed by atoms with Gasteiger partial charge in [-0.1, -0.05) is 0 Å². The van der Waals surface area contributed by atoms with Gasteiger partial charge in [-0.2, -0.15) is 0 Å². The highest BCUT2D eigenvalue weighted by atomic mass is 35.5. The van der Waals surface area contributed by atoms with E-state index in [1.165, 1.54) is 18.3 Å². The molecule has 2 atom stereocenters. The van der Waals surface area contributed by atoms with Gasteiger partial charge in [-0.3, -0.25) is 9.69 Å². The number of aromatic nitrogens is 1. The predicted molar refractivity (Wildman–Crippen MR) is 81.0 cm³/mol. The van der Waals surface area contributed by atoms with Crippen LogP contribution in [0, 0.1) is 0 Å². The summed E-state index contributed by atoms with van der Waals surface area (Å²) in [6.45, 7) is 8.82. The van der Waals surface area contributed by atoms with E-state index in [0.717, 1.165) is 25.3 Å². The average Bonchev–Trinajstić information content (AvgIpc) is 2.70. The lowest BCUT2D eigenvalue weighted by molar-refractivity contribution is -0.114. The number of nitrogens with zero attached hydrogens (tertiary/aromatic N) is 2. The smallest absolute Gasteiger partial charge is 0.223 e. The molecule has 1 fully saturated rings. The van der Waals surface area contributed by atoms with E-state index in [0.29, 0.717) is 17.2 Å². The molecule has 0 aromatic carbocycles. The van der Waals surface area contributed by atoms with Crippen molar-refractivity contribution in [3.8, 4) is 0 Å². The number of amides is 1. The molecule has 1 aliphatic rings. The van der Waals surface area contributed by atoms with Gasteiger partial charge in [0.05, 0.1) is 5.69 Å². The standard InChI is InChI=1S/C12H20N4OS.ClH/c1-8-5-16(9(2)4-13-8)6-11-7-18-12(15-11)14-10(3)17;/h7-9,13H,4-6H2,1-3H3,(H,14,15,17);1H. The van der Waals surface area contributed by atoms with E-state index in [1.54, 1.807) is 0 Å². The summed E-state index contributed by atoms with van der Waals surface area (Å²) in [4.78, 5) is 17.8. The van der Waals surface area contributed by atoms with Crippen molar-refractivity contribution in [2.75, 3.05) is 18.4 Å². The minimum Gasteiger partial charge on any atom is -0.311 e. The van der Waals surface area contributed by atoms with Crippen LogP contribution in [0.25, 0.3) is 0 Å². The number of carbonyl (C=O) groups excluding carboxylic acids is 1. The monoisotopic (exact) mass is 304 g/mol. The Labute approximate surface area is 124 Å². The molecule has 2 unspecified atom stereocenters. The Hall–Kier alpha value is -0.690. The first-order chi connectivity index (χ1) is 8.54. The number of carbonyl (C=O) groups is 1. The van der Waals surface area contributed by atoms with Crippen LogP contribution in [0.1, 0.15) is 26.5 Å². The summed E-state index contributed by atoms with van der Waals surface area (Å²) < 4.78 is 0. The molecule has 108 valence electrons. The Morgan fingerprint density at radius 1 is 1.63 bits per heavy atom. The van der Waals surface area contributed by atoms with E-state index in [9.17, 15) is 4.79 Å². The van der Waals surface area contributed by atoms with Crippen LogP contribution in [0.5, 0.6) is 0 Å². The fraction of sp³-hybridized carbons (Fsp3) is 0.667. The Kier molecular flexibility index (Phi) is 6.19. The van der Waals surface area contributed by atoms with E-state index < -0.39 is 0 Å². The largest absolute Gasteiger partial charge is 0.311 e. The molecule has 0 saturated carbocycles. The van der Waals surface area contributed by atoms with Crippen LogP contribution in [0.2, 0.25) is 0 Å². The van der Waals surface area contributed by atoms with Gasteiger partial charge in [-0.25, -0.2) is 4.98 Å². The average molecular weight is 305 g/mol. The van der Waals surface area contributed by atoms with Gasteiger partial charge in [0.1, 0.15) is 0 Å². The molecule has 1 aromatic heterocycles. The van der Waals surface area contributed by atoms with Gasteiger partial charge >= 0.3 is 0 Å². The van der Waals surface area contributed by atoms with Crippen molar-refractivity contribution in [1.82, 2.24) is 15.2 Å². The molecule has 1 aromatic rings. The third kappa shape index (κ3) is 4.72. The number of rotatable bonds is 3. The zero-order valence-corrected chi connectivity index (χ0v) is 13.1. The zero-order chi connectivity index (χ0) is 13.1. The number of halogens is 1. The molecule has 1 saturated heterocycles. The summed E-state index contributed by atoms with van der Waals surface area (Å²) in [5, 5.41) is 8.89. The quantitative estimate of drug-likeness (QED) is 0.892. The third-order valence-corrected chi connectivity index (χ3v) is 3.90. The lowest BCUT2D eigenvalue weighted by Crippen LogP contribution is -2.53. The van der Waals surface area contributed by atoms with Crippen LogP contribution in [0.3, 0.4) is 0 Å². The highest BCUT2D eigenvalue weighted by Crippen LogP contribution is 2.18. The molecule has 0 bridgehead atoms. The number of nitrogens with one attached hydrogen (secondary N) is 2. The predicted octanol–water partition coefficient (Wildman–Crippen LogP) is 1.71. The lowest BCUT2D eigenvalue weighted by atomic mass is 10.1. The topological polar surface area (TPSA) is 57.3 Å². The lowest BCUT2D eigenvalue weighted by Gasteiger charge is -2.37. The van der Waals surface area contributed by atoms with E-state index in [4.69, 9.17) is 0 Å². The first-order valence-electron chi connectivity index (χ1n) is 6.24. The second-order valence-electron chi connectivity index (χ2n) is 4.91. The molecule has 2 N–H and O–H groups in total. The Morgan fingerprint density at radius 3 is 3.05 bits per heavy atom. The van der Waals surface area contributed by atoms with Crippen LogP contribution in [0.4, 0.5) is 5.13 Å². The van der Waals surface area contributed by atoms with Gasteiger partial charge in [0.15, 0.2) is 5.13 Å². The third-order valence-electron chi connectivity index (χ3n) is 3.09. The van der Waals surface area contributed by atoms with E-state index in [2.05, 4.69) is 34.4 Å². The van der Waals surface area contributed by atoms with E-state index in [-0.39, 0.29) is 18.3 Å². The minimum absolute atomic E-state index is 0. The molecule has 19 heavy (non-hydrogen) atoms. The van der Waals surface area contributed by atoms with Crippen molar-refractivity contribution in [1.29, 1.82) is 0 Å². The fourth-order valence-corrected chi connectivity index (χ4v) is 2.86. The van der Waals surface area contributed by atoms with Gasteiger partial charge in [0.2, 0.25) is 5.91 Å². The highest BCUT2D eigenvalue weighted by Gasteiger charge is 2.22. The summed E-state index contributed by atoms with van der Waals surface area (Å²) in [5.74, 6) is -0.0694. The molecule has 1 amide bonds. The van der Waals surface area contributed by atoms with Crippen molar-refractivity contribution in [3.63, 3.8) is 0 Å². The number of piperazine rings is 1. The minimum atomic E-state index is -0.0694. The summed E-state index contributed by atoms with van der Waals surface area (Å²) in [6.07, 6.45) is 0. The summed E-state index contributed by atoms with van der Waals surface area (Å²) in [7, 11) is 0. The van der Waals surface area contributed by atoms with Gasteiger partial charge in [-0.15, -0.1) is 23.7 Å². The first-order valence-corrected chi connectivity index (χ1v) is 7.12. The van der Waals surface area contributed by atoms with Crippen molar-refractivity contribution >= 4 is 34.8 Å². The van der Waals surface area contributed by atoms with Gasteiger partial charge < -0.3 is 10.6 Å². The Balaban J connectivity index is 0.00000180. The van der Waals surface area contributed by atoms with Crippen LogP contribution < -0.4 is 10.6 Å². The zero-order valence-electron chi connectivity index (χ0n) is 11.5. The molecule has 7 heteroatoms. The van der Waals surface area contributed by atoms with E-state index in [1.807, 2.05) is 5.38 Å². The van der Waals surface area contributed by atoms with Crippen LogP contribution in [-0.4, -0.2) is 41.0 Å². The normalized spacial score (nSPS) is 23.7. The fourth-order valence-electron chi connectivity index (χ4n) is 2.11. The first kappa shape index (κ1) is 16.4. The molecule has 2 rings (SSSR count). The second kappa shape index (κ2) is 7.19. The number of thiazole rings is 1. The maximum absolute atomic E-state index is 10.9. The van der Waals surface area contributed by atoms with E-state index >= 15 is 0 Å². The Bertz CT molecular complexity index is 426. The van der Waals surface area contributed by atoms with Crippen molar-refractivity contribution in [2.45, 2.75) is 39.4 Å². The summed E-state index contributed by atoms with van der Waals surface area (Å²) in [5.41, 5.74) is 1.03. The number of hydrogen-bond donors (Lipinski definition) is 2.